The first-order valence-corrected chi connectivity index (χ1v) is 8.24. The second-order valence-electron chi connectivity index (χ2n) is 5.99. The molecular weight excluding hydrogens is 260 g/mol. The number of nitrogens with one attached hydrogen (secondary N) is 1. The van der Waals surface area contributed by atoms with E-state index in [-0.39, 0.29) is 0 Å². The van der Waals surface area contributed by atoms with Crippen LogP contribution in [0.25, 0.3) is 0 Å². The van der Waals surface area contributed by atoms with Crippen molar-refractivity contribution in [2.45, 2.75) is 58.2 Å². The monoisotopic (exact) mass is 286 g/mol. The van der Waals surface area contributed by atoms with Gasteiger partial charge in [0, 0.05) is 43.9 Å². The van der Waals surface area contributed by atoms with Crippen molar-refractivity contribution in [1.82, 2.24) is 19.4 Å². The smallest absolute Gasteiger partial charge is 0.0945 e. The zero-order valence-electron chi connectivity index (χ0n) is 13.0. The van der Waals surface area contributed by atoms with Crippen molar-refractivity contribution in [2.75, 3.05) is 6.54 Å². The van der Waals surface area contributed by atoms with Gasteiger partial charge in [-0.2, -0.15) is 0 Å². The van der Waals surface area contributed by atoms with E-state index in [9.17, 15) is 0 Å². The predicted octanol–water partition coefficient (Wildman–Crippen LogP) is 3.15. The molecule has 1 N–H and O–H groups in total. The van der Waals surface area contributed by atoms with Gasteiger partial charge < -0.3 is 14.5 Å². The van der Waals surface area contributed by atoms with Crippen LogP contribution in [-0.4, -0.2) is 20.7 Å². The van der Waals surface area contributed by atoms with Crippen LogP contribution >= 0.6 is 0 Å². The normalized spacial score (nSPS) is 18.4. The molecule has 2 aromatic heterocycles. The van der Waals surface area contributed by atoms with Crippen molar-refractivity contribution < 1.29 is 0 Å². The van der Waals surface area contributed by atoms with Crippen molar-refractivity contribution in [2.24, 2.45) is 0 Å². The fourth-order valence-electron chi connectivity index (χ4n) is 3.36. The van der Waals surface area contributed by atoms with E-state index in [1.165, 1.54) is 31.2 Å². The number of imidazole rings is 1. The maximum Gasteiger partial charge on any atom is 0.0945 e. The van der Waals surface area contributed by atoms with E-state index in [0.29, 0.717) is 6.04 Å². The quantitative estimate of drug-likeness (QED) is 0.828. The summed E-state index contributed by atoms with van der Waals surface area (Å²) in [4.78, 5) is 4.09. The summed E-state index contributed by atoms with van der Waals surface area (Å²) in [5, 5.41) is 3.65. The Morgan fingerprint density at radius 3 is 2.95 bits per heavy atom. The number of hydrogen-bond acceptors (Lipinski definition) is 2. The largest absolute Gasteiger partial charge is 0.354 e. The van der Waals surface area contributed by atoms with Crippen molar-refractivity contribution in [3.8, 4) is 0 Å². The molecule has 0 saturated carbocycles. The Morgan fingerprint density at radius 2 is 2.14 bits per heavy atom. The Morgan fingerprint density at radius 1 is 1.24 bits per heavy atom. The van der Waals surface area contributed by atoms with Gasteiger partial charge in [0.2, 0.25) is 0 Å². The lowest BCUT2D eigenvalue weighted by Crippen LogP contribution is -2.20. The SMILES string of the molecule is CCNC1CCCCc2cn(CCCn3ccnc3)cc21. The summed E-state index contributed by atoms with van der Waals surface area (Å²) in [6.07, 6.45) is 16.9. The number of aryl methyl sites for hydroxylation is 3. The van der Waals surface area contributed by atoms with Crippen LogP contribution < -0.4 is 5.32 Å². The molecule has 1 atom stereocenters. The number of rotatable bonds is 6. The molecular formula is C17H26N4. The third-order valence-electron chi connectivity index (χ3n) is 4.40. The van der Waals surface area contributed by atoms with E-state index in [0.717, 1.165) is 26.1 Å². The lowest BCUT2D eigenvalue weighted by Gasteiger charge is -2.15. The predicted molar refractivity (Wildman–Crippen MR) is 85.2 cm³/mol. The van der Waals surface area contributed by atoms with Gasteiger partial charge in [-0.05, 0) is 43.4 Å². The molecule has 0 radical (unpaired) electrons. The van der Waals surface area contributed by atoms with Gasteiger partial charge in [0.05, 0.1) is 6.33 Å². The van der Waals surface area contributed by atoms with E-state index in [1.54, 1.807) is 5.56 Å². The van der Waals surface area contributed by atoms with Crippen LogP contribution in [0.15, 0.2) is 31.1 Å². The van der Waals surface area contributed by atoms with Gasteiger partial charge in [0.25, 0.3) is 0 Å². The third-order valence-corrected chi connectivity index (χ3v) is 4.40. The average Bonchev–Trinajstić information content (AvgIpc) is 3.09. The molecule has 0 spiro atoms. The minimum atomic E-state index is 0.558. The molecule has 21 heavy (non-hydrogen) atoms. The molecule has 0 bridgehead atoms. The van der Waals surface area contributed by atoms with Crippen molar-refractivity contribution in [1.29, 1.82) is 0 Å². The summed E-state index contributed by atoms with van der Waals surface area (Å²) in [7, 11) is 0. The van der Waals surface area contributed by atoms with Gasteiger partial charge in [-0.15, -0.1) is 0 Å². The van der Waals surface area contributed by atoms with Crippen molar-refractivity contribution in [3.63, 3.8) is 0 Å². The second kappa shape index (κ2) is 6.94. The highest BCUT2D eigenvalue weighted by atomic mass is 15.0. The lowest BCUT2D eigenvalue weighted by molar-refractivity contribution is 0.499. The van der Waals surface area contributed by atoms with Crippen LogP contribution in [0.1, 0.15) is 49.8 Å². The maximum absolute atomic E-state index is 4.09. The molecule has 1 aliphatic carbocycles. The summed E-state index contributed by atoms with van der Waals surface area (Å²) < 4.78 is 4.53. The number of fused-ring (bicyclic) bond motifs is 1. The van der Waals surface area contributed by atoms with Gasteiger partial charge in [-0.3, -0.25) is 0 Å². The topological polar surface area (TPSA) is 34.8 Å². The van der Waals surface area contributed by atoms with Crippen LogP contribution in [0, 0.1) is 0 Å². The molecule has 3 rings (SSSR count). The molecule has 0 aromatic carbocycles. The minimum absolute atomic E-state index is 0.558. The summed E-state index contributed by atoms with van der Waals surface area (Å²) >= 11 is 0. The minimum Gasteiger partial charge on any atom is -0.354 e. The Hall–Kier alpha value is -1.55. The zero-order chi connectivity index (χ0) is 14.5. The molecule has 1 aliphatic rings. The number of hydrogen-bond donors (Lipinski definition) is 1. The maximum atomic E-state index is 4.09. The fraction of sp³-hybridized carbons (Fsp3) is 0.588. The third kappa shape index (κ3) is 3.56. The lowest BCUT2D eigenvalue weighted by atomic mass is 10.0. The average molecular weight is 286 g/mol. The van der Waals surface area contributed by atoms with Crippen molar-refractivity contribution in [3.05, 3.63) is 42.2 Å². The van der Waals surface area contributed by atoms with E-state index >= 15 is 0 Å². The molecule has 2 aromatic rings. The first kappa shape index (κ1) is 14.4. The molecule has 114 valence electrons. The highest BCUT2D eigenvalue weighted by Gasteiger charge is 2.19. The molecule has 0 saturated heterocycles. The van der Waals surface area contributed by atoms with Crippen LogP contribution in [0.5, 0.6) is 0 Å². The number of aromatic nitrogens is 3. The van der Waals surface area contributed by atoms with Gasteiger partial charge in [-0.25, -0.2) is 4.98 Å². The molecule has 4 nitrogen and oxygen atoms in total. The first-order chi connectivity index (χ1) is 10.4. The summed E-state index contributed by atoms with van der Waals surface area (Å²) in [5.74, 6) is 0. The van der Waals surface area contributed by atoms with Crippen LogP contribution in [0.4, 0.5) is 0 Å². The summed E-state index contributed by atoms with van der Waals surface area (Å²) in [5.41, 5.74) is 3.10. The second-order valence-corrected chi connectivity index (χ2v) is 5.99. The van der Waals surface area contributed by atoms with E-state index in [1.807, 2.05) is 18.7 Å². The molecule has 0 aliphatic heterocycles. The highest BCUT2D eigenvalue weighted by molar-refractivity contribution is 5.29. The van der Waals surface area contributed by atoms with Crippen LogP contribution in [0.2, 0.25) is 0 Å². The fourth-order valence-corrected chi connectivity index (χ4v) is 3.36. The Labute approximate surface area is 127 Å². The molecule has 4 heteroatoms. The molecule has 0 fully saturated rings. The molecule has 1 unspecified atom stereocenters. The van der Waals surface area contributed by atoms with Gasteiger partial charge >= 0.3 is 0 Å². The molecule has 2 heterocycles. The van der Waals surface area contributed by atoms with Crippen LogP contribution in [0.3, 0.4) is 0 Å². The van der Waals surface area contributed by atoms with E-state index in [2.05, 4.69) is 38.8 Å². The highest BCUT2D eigenvalue weighted by Crippen LogP contribution is 2.29. The van der Waals surface area contributed by atoms with Crippen LogP contribution in [-0.2, 0) is 19.5 Å². The summed E-state index contributed by atoms with van der Waals surface area (Å²) in [6.45, 7) is 5.38. The van der Waals surface area contributed by atoms with E-state index < -0.39 is 0 Å². The van der Waals surface area contributed by atoms with Gasteiger partial charge in [0.15, 0.2) is 0 Å². The van der Waals surface area contributed by atoms with E-state index in [4.69, 9.17) is 0 Å². The standard InChI is InChI=1S/C17H26N4/c1-2-19-17-7-4-3-6-15-12-21(13-16(15)17)10-5-9-20-11-8-18-14-20/h8,11-14,17,19H,2-7,9-10H2,1H3. The Bertz CT molecular complexity index is 541. The first-order valence-electron chi connectivity index (χ1n) is 8.24. The van der Waals surface area contributed by atoms with Gasteiger partial charge in [-0.1, -0.05) is 13.3 Å². The number of nitrogens with zero attached hydrogens (tertiary/aromatic N) is 3. The Kier molecular flexibility index (Phi) is 4.76. The van der Waals surface area contributed by atoms with Crippen molar-refractivity contribution >= 4 is 0 Å². The molecule has 0 amide bonds. The Balaban J connectivity index is 1.63. The zero-order valence-corrected chi connectivity index (χ0v) is 13.0. The van der Waals surface area contributed by atoms with Gasteiger partial charge in [0.1, 0.15) is 0 Å². The summed E-state index contributed by atoms with van der Waals surface area (Å²) in [6, 6.07) is 0.558.